The highest BCUT2D eigenvalue weighted by Crippen LogP contribution is 2.20. The minimum atomic E-state index is -1.78. The van der Waals surface area contributed by atoms with Crippen LogP contribution in [0.15, 0.2) is 56.7 Å². The predicted octanol–water partition coefficient (Wildman–Crippen LogP) is 1.37. The smallest absolute Gasteiger partial charge is 0.339 e. The number of hydrogen-bond donors (Lipinski definition) is 2. The van der Waals surface area contributed by atoms with E-state index in [-0.39, 0.29) is 6.47 Å². The molecule has 0 spiro atoms. The van der Waals surface area contributed by atoms with Crippen LogP contribution < -0.4 is 0 Å². The number of hydrogen-bond acceptors (Lipinski definition) is 14. The van der Waals surface area contributed by atoms with E-state index in [0.717, 1.165) is 44.2 Å². The Morgan fingerprint density at radius 2 is 1.20 bits per heavy atom. The molecule has 1 aromatic carbocycles. The van der Waals surface area contributed by atoms with E-state index in [1.54, 1.807) is 0 Å². The molecule has 0 amide bonds. The number of aromatic carboxylic acids is 1. The maximum Gasteiger partial charge on any atom is 0.339 e. The fourth-order valence-corrected chi connectivity index (χ4v) is 2.89. The van der Waals surface area contributed by atoms with Crippen molar-refractivity contribution in [1.29, 1.82) is 0 Å². The van der Waals surface area contributed by atoms with E-state index in [0.29, 0.717) is 0 Å². The summed E-state index contributed by atoms with van der Waals surface area (Å²) in [5.74, 6) is -10.7. The summed E-state index contributed by atoms with van der Waals surface area (Å²) in [5.41, 5.74) is -2.29. The molecule has 0 saturated heterocycles. The van der Waals surface area contributed by atoms with Crippen molar-refractivity contribution in [1.82, 2.24) is 0 Å². The molecule has 0 saturated carbocycles. The van der Waals surface area contributed by atoms with Gasteiger partial charge in [-0.15, -0.1) is 13.2 Å². The van der Waals surface area contributed by atoms with Gasteiger partial charge in [0.15, 0.2) is 6.10 Å². The molecule has 16 nitrogen and oxygen atoms in total. The fraction of sp³-hybridized carbons (Fsp3) is 0.276. The van der Waals surface area contributed by atoms with E-state index in [4.69, 9.17) is 33.6 Å². The topological polar surface area (TPSA) is 240 Å². The first-order chi connectivity index (χ1) is 21.2. The second kappa shape index (κ2) is 22.6. The van der Waals surface area contributed by atoms with Crippen molar-refractivity contribution in [2.24, 2.45) is 5.92 Å². The molecule has 0 aliphatic carbocycles. The lowest BCUT2D eigenvalue weighted by molar-refractivity contribution is -0.150. The average Bonchev–Trinajstić information content (AvgIpc) is 3.01. The van der Waals surface area contributed by atoms with Gasteiger partial charge in [-0.1, -0.05) is 19.2 Å². The number of carboxylic acid groups (broad SMARTS) is 2. The van der Waals surface area contributed by atoms with E-state index in [9.17, 15) is 43.5 Å². The van der Waals surface area contributed by atoms with Crippen LogP contribution in [0, 0.1) is 5.92 Å². The number of carbonyl (C=O) groups excluding carboxylic acids is 7. The Bertz CT molecular complexity index is 1240. The van der Waals surface area contributed by atoms with E-state index < -0.39 is 103 Å². The standard InChI is InChI=1S/C26H26O14.C2H4.CH2O2/c1-5-20(29)38-10-16(11-39-21(30)6-2)23(31)24(32)18-8-7-9-19(22(18)25(33)34)26(35)40-17(12-36-14(3)27)13-37-15(4)28;1-2;2-1-3/h5-9,16-17H,1-2,10-13H2,3-4H3,(H,33,34);1-2H2;1H,(H,2,3). The van der Waals surface area contributed by atoms with Gasteiger partial charge in [0, 0.05) is 31.6 Å². The van der Waals surface area contributed by atoms with E-state index in [2.05, 4.69) is 26.3 Å². The summed E-state index contributed by atoms with van der Waals surface area (Å²) >= 11 is 0. The fourth-order valence-electron chi connectivity index (χ4n) is 2.89. The van der Waals surface area contributed by atoms with Gasteiger partial charge in [-0.3, -0.25) is 24.0 Å². The minimum absolute atomic E-state index is 0.250. The van der Waals surface area contributed by atoms with Crippen LogP contribution in [0.2, 0.25) is 0 Å². The number of ketones is 2. The third-order valence-electron chi connectivity index (χ3n) is 4.74. The lowest BCUT2D eigenvalue weighted by Gasteiger charge is -2.19. The summed E-state index contributed by atoms with van der Waals surface area (Å²) in [4.78, 5) is 105. The Kier molecular flexibility index (Phi) is 20.7. The second-order valence-electron chi connectivity index (χ2n) is 7.83. The number of ether oxygens (including phenoxy) is 5. The second-order valence-corrected chi connectivity index (χ2v) is 7.83. The molecule has 244 valence electrons. The van der Waals surface area contributed by atoms with Gasteiger partial charge in [0.2, 0.25) is 11.6 Å². The van der Waals surface area contributed by atoms with Crippen LogP contribution in [0.25, 0.3) is 0 Å². The van der Waals surface area contributed by atoms with Gasteiger partial charge in [0.1, 0.15) is 26.4 Å². The van der Waals surface area contributed by atoms with E-state index in [1.165, 1.54) is 0 Å². The van der Waals surface area contributed by atoms with Crippen molar-refractivity contribution < 1.29 is 77.0 Å². The molecule has 1 rings (SSSR count). The van der Waals surface area contributed by atoms with Crippen molar-refractivity contribution in [3.05, 3.63) is 73.4 Å². The summed E-state index contributed by atoms with van der Waals surface area (Å²) in [7, 11) is 0. The zero-order valence-corrected chi connectivity index (χ0v) is 24.4. The largest absolute Gasteiger partial charge is 0.483 e. The monoisotopic (exact) mass is 636 g/mol. The molecule has 16 heteroatoms. The molecular weight excluding hydrogens is 604 g/mol. The zero-order chi connectivity index (χ0) is 35.1. The van der Waals surface area contributed by atoms with E-state index in [1.807, 2.05) is 0 Å². The summed E-state index contributed by atoms with van der Waals surface area (Å²) < 4.78 is 24.2. The van der Waals surface area contributed by atoms with Gasteiger partial charge in [0.25, 0.3) is 6.47 Å². The molecular formula is C29H32O16. The Morgan fingerprint density at radius 3 is 1.58 bits per heavy atom. The number of Topliss-reactive ketones (excluding diaryl/α,β-unsaturated/α-hetero) is 2. The first-order valence-electron chi connectivity index (χ1n) is 12.3. The van der Waals surface area contributed by atoms with Gasteiger partial charge in [-0.05, 0) is 12.1 Å². The lowest BCUT2D eigenvalue weighted by Crippen LogP contribution is -2.34. The Morgan fingerprint density at radius 1 is 0.778 bits per heavy atom. The molecule has 45 heavy (non-hydrogen) atoms. The number of carbonyl (C=O) groups is 9. The van der Waals surface area contributed by atoms with Gasteiger partial charge >= 0.3 is 35.8 Å². The highest BCUT2D eigenvalue weighted by molar-refractivity contribution is 6.45. The molecule has 1 aromatic rings. The highest BCUT2D eigenvalue weighted by atomic mass is 16.6. The van der Waals surface area contributed by atoms with Crippen molar-refractivity contribution in [3.63, 3.8) is 0 Å². The van der Waals surface area contributed by atoms with Crippen LogP contribution in [0.5, 0.6) is 0 Å². The maximum atomic E-state index is 13.1. The quantitative estimate of drug-likeness (QED) is 0.0495. The van der Waals surface area contributed by atoms with Crippen LogP contribution in [0.3, 0.4) is 0 Å². The molecule has 2 N–H and O–H groups in total. The highest BCUT2D eigenvalue weighted by Gasteiger charge is 2.34. The van der Waals surface area contributed by atoms with Crippen LogP contribution in [-0.2, 0) is 52.5 Å². The molecule has 0 aliphatic rings. The maximum absolute atomic E-state index is 13.1. The molecule has 0 bridgehead atoms. The number of esters is 5. The van der Waals surface area contributed by atoms with Gasteiger partial charge in [0.05, 0.1) is 17.0 Å². The normalized spacial score (nSPS) is 9.42. The summed E-state index contributed by atoms with van der Waals surface area (Å²) in [6.07, 6.45) is 0.228. The minimum Gasteiger partial charge on any atom is -0.483 e. The van der Waals surface area contributed by atoms with Crippen LogP contribution >= 0.6 is 0 Å². The SMILES string of the molecule is C=C.C=CC(=O)OCC(COC(=O)C=C)C(=O)C(=O)c1cccc(C(=O)OC(COC(C)=O)COC(C)=O)c1C(=O)O.O=CO. The van der Waals surface area contributed by atoms with E-state index >= 15 is 0 Å². The average molecular weight is 637 g/mol. The summed E-state index contributed by atoms with van der Waals surface area (Å²) in [6.45, 7) is 11.7. The molecule has 0 aromatic heterocycles. The molecule has 0 aliphatic heterocycles. The van der Waals surface area contributed by atoms with Gasteiger partial charge in [-0.25, -0.2) is 19.2 Å². The molecule has 0 heterocycles. The predicted molar refractivity (Wildman–Crippen MR) is 151 cm³/mol. The third-order valence-corrected chi connectivity index (χ3v) is 4.74. The Labute approximate surface area is 256 Å². The molecule has 0 atom stereocenters. The number of carboxylic acids is 1. The number of rotatable bonds is 16. The zero-order valence-electron chi connectivity index (χ0n) is 24.4. The molecule has 0 unspecified atom stereocenters. The van der Waals surface area contributed by atoms with Crippen molar-refractivity contribution in [2.45, 2.75) is 20.0 Å². The summed E-state index contributed by atoms with van der Waals surface area (Å²) in [5, 5.41) is 16.7. The van der Waals surface area contributed by atoms with Gasteiger partial charge in [-0.2, -0.15) is 0 Å². The molecule has 0 fully saturated rings. The van der Waals surface area contributed by atoms with Crippen LogP contribution in [0.1, 0.15) is 44.9 Å². The van der Waals surface area contributed by atoms with Crippen molar-refractivity contribution in [3.8, 4) is 0 Å². The Hall–Kier alpha value is -5.93. The lowest BCUT2D eigenvalue weighted by atomic mass is 9.92. The van der Waals surface area contributed by atoms with Crippen LogP contribution in [0.4, 0.5) is 0 Å². The van der Waals surface area contributed by atoms with Crippen molar-refractivity contribution >= 4 is 53.9 Å². The summed E-state index contributed by atoms with van der Waals surface area (Å²) in [6, 6.07) is 3.05. The number of benzene rings is 1. The van der Waals surface area contributed by atoms with Crippen molar-refractivity contribution in [2.75, 3.05) is 26.4 Å². The molecule has 0 radical (unpaired) electrons. The first kappa shape index (κ1) is 41.2. The van der Waals surface area contributed by atoms with Gasteiger partial charge < -0.3 is 33.9 Å². The van der Waals surface area contributed by atoms with Crippen LogP contribution in [-0.4, -0.2) is 96.6 Å². The Balaban J connectivity index is 0. The first-order valence-corrected chi connectivity index (χ1v) is 12.3. The third kappa shape index (κ3) is 15.8.